The maximum absolute atomic E-state index is 12.2. The van der Waals surface area contributed by atoms with Crippen molar-refractivity contribution < 1.29 is 14.3 Å². The molecule has 6 nitrogen and oxygen atoms in total. The number of amidine groups is 1. The minimum Gasteiger partial charge on any atom is -0.486 e. The van der Waals surface area contributed by atoms with Gasteiger partial charge in [-0.15, -0.1) is 0 Å². The van der Waals surface area contributed by atoms with Crippen LogP contribution in [0.2, 0.25) is 0 Å². The van der Waals surface area contributed by atoms with Crippen LogP contribution >= 0.6 is 11.8 Å². The first kappa shape index (κ1) is 15.4. The molecule has 0 bridgehead atoms. The number of nitrogens with one attached hydrogen (secondary N) is 1. The summed E-state index contributed by atoms with van der Waals surface area (Å²) in [6.07, 6.45) is 1.24. The Balaban J connectivity index is 1.27. The number of fused-ring (bicyclic) bond motifs is 2. The van der Waals surface area contributed by atoms with E-state index in [1.807, 2.05) is 29.7 Å². The molecule has 3 heterocycles. The van der Waals surface area contributed by atoms with Gasteiger partial charge in [-0.3, -0.25) is 9.79 Å². The number of benzene rings is 1. The predicted molar refractivity (Wildman–Crippen MR) is 93.3 cm³/mol. The number of para-hydroxylation sites is 2. The number of amides is 1. The van der Waals surface area contributed by atoms with Crippen LogP contribution in [-0.4, -0.2) is 48.3 Å². The lowest BCUT2D eigenvalue weighted by atomic mass is 10.2. The molecule has 1 atom stereocenters. The molecule has 24 heavy (non-hydrogen) atoms. The molecule has 0 saturated heterocycles. The van der Waals surface area contributed by atoms with Gasteiger partial charge < -0.3 is 19.7 Å². The monoisotopic (exact) mass is 345 g/mol. The summed E-state index contributed by atoms with van der Waals surface area (Å²) in [6, 6.07) is 7.58. The van der Waals surface area contributed by atoms with Crippen molar-refractivity contribution in [1.82, 2.24) is 10.2 Å². The minimum atomic E-state index is -0.164. The van der Waals surface area contributed by atoms with E-state index >= 15 is 0 Å². The minimum absolute atomic E-state index is 0.00358. The molecule has 0 aliphatic carbocycles. The lowest BCUT2D eigenvalue weighted by Gasteiger charge is -2.27. The Hall–Kier alpha value is -2.15. The maximum atomic E-state index is 12.2. The number of carbonyl (C=O) groups is 1. The van der Waals surface area contributed by atoms with Crippen molar-refractivity contribution in [3.63, 3.8) is 0 Å². The van der Waals surface area contributed by atoms with Crippen LogP contribution in [0.3, 0.4) is 0 Å². The first-order valence-electron chi connectivity index (χ1n) is 8.12. The van der Waals surface area contributed by atoms with Gasteiger partial charge in [0.05, 0.1) is 13.0 Å². The molecule has 0 saturated carbocycles. The molecule has 0 aromatic heterocycles. The Kier molecular flexibility index (Phi) is 4.34. The second kappa shape index (κ2) is 6.76. The zero-order chi connectivity index (χ0) is 16.4. The topological polar surface area (TPSA) is 63.2 Å². The van der Waals surface area contributed by atoms with E-state index in [1.54, 1.807) is 11.8 Å². The van der Waals surface area contributed by atoms with Crippen molar-refractivity contribution in [2.45, 2.75) is 18.9 Å². The summed E-state index contributed by atoms with van der Waals surface area (Å²) in [7, 11) is 0. The predicted octanol–water partition coefficient (Wildman–Crippen LogP) is 1.98. The fourth-order valence-electron chi connectivity index (χ4n) is 2.89. The SMILES string of the molecule is O=C(CC1=CSC2=NCCCN12)NCC1COc2ccccc2O1. The first-order chi connectivity index (χ1) is 11.8. The Morgan fingerprint density at radius 2 is 2.25 bits per heavy atom. The quantitative estimate of drug-likeness (QED) is 0.904. The number of ether oxygens (including phenoxy) is 2. The average molecular weight is 345 g/mol. The average Bonchev–Trinajstić information content (AvgIpc) is 3.03. The smallest absolute Gasteiger partial charge is 0.226 e. The summed E-state index contributed by atoms with van der Waals surface area (Å²) in [5.41, 5.74) is 1.03. The summed E-state index contributed by atoms with van der Waals surface area (Å²) >= 11 is 1.60. The number of nitrogens with zero attached hydrogens (tertiary/aromatic N) is 2. The highest BCUT2D eigenvalue weighted by atomic mass is 32.2. The Morgan fingerprint density at radius 3 is 3.17 bits per heavy atom. The van der Waals surface area contributed by atoms with Crippen LogP contribution in [0.1, 0.15) is 12.8 Å². The van der Waals surface area contributed by atoms with E-state index in [1.165, 1.54) is 0 Å². The lowest BCUT2D eigenvalue weighted by Crippen LogP contribution is -2.41. The van der Waals surface area contributed by atoms with Crippen molar-refractivity contribution in [3.05, 3.63) is 35.4 Å². The van der Waals surface area contributed by atoms with Crippen molar-refractivity contribution in [1.29, 1.82) is 0 Å². The molecular formula is C17H19N3O3S. The third-order valence-corrected chi connectivity index (χ3v) is 5.05. The molecule has 3 aliphatic rings. The van der Waals surface area contributed by atoms with Crippen molar-refractivity contribution >= 4 is 22.8 Å². The zero-order valence-electron chi connectivity index (χ0n) is 13.2. The summed E-state index contributed by atoms with van der Waals surface area (Å²) in [4.78, 5) is 18.9. The Bertz CT molecular complexity index is 704. The molecule has 0 spiro atoms. The molecule has 4 rings (SSSR count). The second-order valence-corrected chi connectivity index (χ2v) is 6.71. The van der Waals surface area contributed by atoms with Crippen LogP contribution < -0.4 is 14.8 Å². The van der Waals surface area contributed by atoms with Crippen molar-refractivity contribution in [2.24, 2.45) is 4.99 Å². The van der Waals surface area contributed by atoms with Gasteiger partial charge in [0.15, 0.2) is 16.7 Å². The Morgan fingerprint density at radius 1 is 1.38 bits per heavy atom. The van der Waals surface area contributed by atoms with Crippen molar-refractivity contribution in [2.75, 3.05) is 26.2 Å². The summed E-state index contributed by atoms with van der Waals surface area (Å²) in [5, 5.41) is 5.99. The van der Waals surface area contributed by atoms with Gasteiger partial charge in [-0.1, -0.05) is 23.9 Å². The van der Waals surface area contributed by atoms with E-state index in [0.29, 0.717) is 19.6 Å². The number of carbonyl (C=O) groups excluding carboxylic acids is 1. The maximum Gasteiger partial charge on any atom is 0.226 e. The highest BCUT2D eigenvalue weighted by molar-refractivity contribution is 8.16. The van der Waals surface area contributed by atoms with Gasteiger partial charge in [-0.2, -0.15) is 0 Å². The van der Waals surface area contributed by atoms with E-state index in [-0.39, 0.29) is 12.0 Å². The van der Waals surface area contributed by atoms with E-state index < -0.39 is 0 Å². The number of hydrogen-bond acceptors (Lipinski definition) is 6. The summed E-state index contributed by atoms with van der Waals surface area (Å²) < 4.78 is 11.5. The van der Waals surface area contributed by atoms with Gasteiger partial charge in [-0.25, -0.2) is 0 Å². The summed E-state index contributed by atoms with van der Waals surface area (Å²) in [5.74, 6) is 1.48. The molecular weight excluding hydrogens is 326 g/mol. The highest BCUT2D eigenvalue weighted by Gasteiger charge is 2.27. The third kappa shape index (κ3) is 3.21. The van der Waals surface area contributed by atoms with Crippen LogP contribution in [-0.2, 0) is 4.79 Å². The molecule has 1 unspecified atom stereocenters. The zero-order valence-corrected chi connectivity index (χ0v) is 14.1. The largest absolute Gasteiger partial charge is 0.486 e. The molecule has 1 N–H and O–H groups in total. The van der Waals surface area contributed by atoms with Crippen molar-refractivity contribution in [3.8, 4) is 11.5 Å². The van der Waals surface area contributed by atoms with Crippen LogP contribution in [0.5, 0.6) is 11.5 Å². The van der Waals surface area contributed by atoms with Crippen LogP contribution in [0.25, 0.3) is 0 Å². The lowest BCUT2D eigenvalue weighted by molar-refractivity contribution is -0.121. The first-order valence-corrected chi connectivity index (χ1v) is 9.00. The van der Waals surface area contributed by atoms with E-state index in [9.17, 15) is 4.79 Å². The molecule has 0 radical (unpaired) electrons. The Labute approximate surface area is 144 Å². The van der Waals surface area contributed by atoms with Gasteiger partial charge in [0.1, 0.15) is 12.7 Å². The van der Waals surface area contributed by atoms with Gasteiger partial charge in [0, 0.05) is 18.8 Å². The number of rotatable bonds is 4. The van der Waals surface area contributed by atoms with Gasteiger partial charge in [0.25, 0.3) is 0 Å². The summed E-state index contributed by atoms with van der Waals surface area (Å²) in [6.45, 7) is 2.71. The van der Waals surface area contributed by atoms with Gasteiger partial charge >= 0.3 is 0 Å². The van der Waals surface area contributed by atoms with E-state index in [4.69, 9.17) is 9.47 Å². The fourth-order valence-corrected chi connectivity index (χ4v) is 3.85. The molecule has 7 heteroatoms. The molecule has 1 aromatic rings. The fraction of sp³-hybridized carbons (Fsp3) is 0.412. The molecule has 0 fully saturated rings. The molecule has 3 aliphatic heterocycles. The number of aliphatic imine (C=N–C) groups is 1. The normalized spacial score (nSPS) is 21.7. The third-order valence-electron chi connectivity index (χ3n) is 4.10. The second-order valence-electron chi connectivity index (χ2n) is 5.87. The van der Waals surface area contributed by atoms with Crippen LogP contribution in [0.4, 0.5) is 0 Å². The van der Waals surface area contributed by atoms with Gasteiger partial charge in [0.2, 0.25) is 5.91 Å². The van der Waals surface area contributed by atoms with E-state index in [2.05, 4.69) is 15.2 Å². The standard InChI is InChI=1S/C17H19N3O3S/c21-16(8-12-11-24-17-18-6-3-7-20(12)17)19-9-13-10-22-14-4-1-2-5-15(14)23-13/h1-2,4-5,11,13H,3,6-10H2,(H,19,21). The highest BCUT2D eigenvalue weighted by Crippen LogP contribution is 2.31. The number of hydrogen-bond donors (Lipinski definition) is 1. The molecule has 126 valence electrons. The van der Waals surface area contributed by atoms with Crippen LogP contribution in [0.15, 0.2) is 40.4 Å². The van der Waals surface area contributed by atoms with Crippen LogP contribution in [0, 0.1) is 0 Å². The number of thioether (sulfide) groups is 1. The van der Waals surface area contributed by atoms with E-state index in [0.717, 1.165) is 41.9 Å². The van der Waals surface area contributed by atoms with Gasteiger partial charge in [-0.05, 0) is 24.0 Å². The molecule has 1 amide bonds. The molecule has 1 aromatic carbocycles.